The lowest BCUT2D eigenvalue weighted by Gasteiger charge is -2.15. The van der Waals surface area contributed by atoms with Gasteiger partial charge in [0.25, 0.3) is 0 Å². The molecule has 1 N–H and O–H groups in total. The highest BCUT2D eigenvalue weighted by molar-refractivity contribution is 5.70. The van der Waals surface area contributed by atoms with Crippen LogP contribution in [0.2, 0.25) is 0 Å². The van der Waals surface area contributed by atoms with Gasteiger partial charge in [-0.1, -0.05) is 127 Å². The molecule has 0 spiro atoms. The van der Waals surface area contributed by atoms with Gasteiger partial charge in [0.15, 0.2) is 6.10 Å². The summed E-state index contributed by atoms with van der Waals surface area (Å²) in [6, 6.07) is 0. The van der Waals surface area contributed by atoms with Crippen molar-refractivity contribution < 1.29 is 24.2 Å². The van der Waals surface area contributed by atoms with Gasteiger partial charge in [0, 0.05) is 12.8 Å². The molecule has 0 aliphatic heterocycles. The second-order valence-electron chi connectivity index (χ2n) is 11.9. The number of esters is 2. The molecule has 1 unspecified atom stereocenters. The molecule has 0 aliphatic carbocycles. The number of carbonyl (C=O) groups excluding carboxylic acids is 2. The zero-order valence-electron chi connectivity index (χ0n) is 28.2. The van der Waals surface area contributed by atoms with Crippen molar-refractivity contribution in [3.05, 3.63) is 36.5 Å². The van der Waals surface area contributed by atoms with Crippen molar-refractivity contribution in [1.82, 2.24) is 0 Å². The van der Waals surface area contributed by atoms with Crippen LogP contribution in [0.5, 0.6) is 0 Å². The van der Waals surface area contributed by atoms with Gasteiger partial charge >= 0.3 is 11.9 Å². The first-order valence-electron chi connectivity index (χ1n) is 18.0. The minimum absolute atomic E-state index is 0.0752. The summed E-state index contributed by atoms with van der Waals surface area (Å²) in [6.07, 6.45) is 40.5. The van der Waals surface area contributed by atoms with Gasteiger partial charge in [-0.05, 0) is 70.6 Å². The van der Waals surface area contributed by atoms with Gasteiger partial charge in [0.2, 0.25) is 0 Å². The summed E-state index contributed by atoms with van der Waals surface area (Å²) < 4.78 is 10.6. The van der Waals surface area contributed by atoms with Crippen LogP contribution in [-0.4, -0.2) is 36.4 Å². The number of unbranched alkanes of at least 4 members (excludes halogenated alkanes) is 18. The summed E-state index contributed by atoms with van der Waals surface area (Å²) in [7, 11) is 0. The Balaban J connectivity index is 3.62. The SMILES string of the molecule is CCCCC/C=C\C/C=C\CCCCCCCC(=O)OC(CO)COC(=O)CCCCCCC/C=C\CCCCCCC. The average Bonchev–Trinajstić information content (AvgIpc) is 3.01. The third-order valence-electron chi connectivity index (χ3n) is 7.66. The monoisotopic (exact) mass is 605 g/mol. The number of carbonyl (C=O) groups is 2. The fraction of sp³-hybridized carbons (Fsp3) is 0.789. The number of allylic oxidation sites excluding steroid dienone is 6. The summed E-state index contributed by atoms with van der Waals surface area (Å²) in [5.74, 6) is -0.618. The second-order valence-corrected chi connectivity index (χ2v) is 11.9. The fourth-order valence-corrected chi connectivity index (χ4v) is 4.87. The Morgan fingerprint density at radius 1 is 0.535 bits per heavy atom. The largest absolute Gasteiger partial charge is 0.462 e. The molecule has 5 heteroatoms. The van der Waals surface area contributed by atoms with E-state index in [1.807, 2.05) is 0 Å². The third kappa shape index (κ3) is 32.9. The quantitative estimate of drug-likeness (QED) is 0.0470. The highest BCUT2D eigenvalue weighted by atomic mass is 16.6. The highest BCUT2D eigenvalue weighted by Crippen LogP contribution is 2.12. The molecule has 0 aromatic heterocycles. The molecule has 0 heterocycles. The van der Waals surface area contributed by atoms with Crippen LogP contribution >= 0.6 is 0 Å². The van der Waals surface area contributed by atoms with E-state index < -0.39 is 6.10 Å². The maximum atomic E-state index is 12.1. The van der Waals surface area contributed by atoms with Crippen molar-refractivity contribution in [3.8, 4) is 0 Å². The summed E-state index contributed by atoms with van der Waals surface area (Å²) >= 11 is 0. The van der Waals surface area contributed by atoms with E-state index in [-0.39, 0.29) is 25.2 Å². The minimum atomic E-state index is -0.779. The van der Waals surface area contributed by atoms with E-state index in [1.165, 1.54) is 83.5 Å². The molecule has 0 radical (unpaired) electrons. The summed E-state index contributed by atoms with van der Waals surface area (Å²) in [5, 5.41) is 9.52. The maximum absolute atomic E-state index is 12.1. The Morgan fingerprint density at radius 2 is 0.930 bits per heavy atom. The van der Waals surface area contributed by atoms with Gasteiger partial charge in [0.1, 0.15) is 6.61 Å². The van der Waals surface area contributed by atoms with E-state index in [0.29, 0.717) is 12.8 Å². The summed E-state index contributed by atoms with van der Waals surface area (Å²) in [4.78, 5) is 24.2. The van der Waals surface area contributed by atoms with E-state index in [2.05, 4.69) is 50.3 Å². The lowest BCUT2D eigenvalue weighted by atomic mass is 10.1. The predicted molar refractivity (Wildman–Crippen MR) is 182 cm³/mol. The molecule has 0 amide bonds. The van der Waals surface area contributed by atoms with Gasteiger partial charge in [0.05, 0.1) is 6.61 Å². The number of aliphatic hydroxyl groups excluding tert-OH is 1. The zero-order valence-corrected chi connectivity index (χ0v) is 28.2. The molecule has 1 atom stereocenters. The molecule has 0 aliphatic rings. The van der Waals surface area contributed by atoms with Crippen molar-refractivity contribution in [2.75, 3.05) is 13.2 Å². The molecule has 0 rings (SSSR count). The van der Waals surface area contributed by atoms with Crippen LogP contribution < -0.4 is 0 Å². The Labute approximate surface area is 266 Å². The number of aliphatic hydroxyl groups is 1. The molecular weight excluding hydrogens is 536 g/mol. The van der Waals surface area contributed by atoms with Gasteiger partial charge < -0.3 is 14.6 Å². The molecule has 0 fully saturated rings. The Morgan fingerprint density at radius 3 is 1.44 bits per heavy atom. The molecule has 0 aromatic rings. The van der Waals surface area contributed by atoms with Gasteiger partial charge in [-0.25, -0.2) is 0 Å². The van der Waals surface area contributed by atoms with Crippen LogP contribution in [0.1, 0.15) is 174 Å². The molecule has 5 nitrogen and oxygen atoms in total. The first kappa shape index (κ1) is 41.1. The van der Waals surface area contributed by atoms with Crippen LogP contribution in [0, 0.1) is 0 Å². The lowest BCUT2D eigenvalue weighted by Crippen LogP contribution is -2.28. The Bertz CT molecular complexity index is 696. The molecule has 0 aromatic carbocycles. The molecule has 0 saturated carbocycles. The van der Waals surface area contributed by atoms with Crippen LogP contribution in [0.25, 0.3) is 0 Å². The van der Waals surface area contributed by atoms with Crippen molar-refractivity contribution in [3.63, 3.8) is 0 Å². The smallest absolute Gasteiger partial charge is 0.306 e. The highest BCUT2D eigenvalue weighted by Gasteiger charge is 2.16. The van der Waals surface area contributed by atoms with Gasteiger partial charge in [-0.15, -0.1) is 0 Å². The molecule has 0 bridgehead atoms. The fourth-order valence-electron chi connectivity index (χ4n) is 4.87. The maximum Gasteiger partial charge on any atom is 0.306 e. The minimum Gasteiger partial charge on any atom is -0.462 e. The van der Waals surface area contributed by atoms with Crippen LogP contribution in [0.15, 0.2) is 36.5 Å². The van der Waals surface area contributed by atoms with Crippen LogP contribution in [-0.2, 0) is 19.1 Å². The second kappa shape index (κ2) is 34.6. The van der Waals surface area contributed by atoms with Crippen LogP contribution in [0.3, 0.4) is 0 Å². The van der Waals surface area contributed by atoms with Crippen molar-refractivity contribution in [1.29, 1.82) is 0 Å². The molecule has 250 valence electrons. The van der Waals surface area contributed by atoms with E-state index >= 15 is 0 Å². The standard InChI is InChI=1S/C38H68O5/c1-3-5-7-9-11-13-15-17-19-21-23-25-27-29-31-33-38(41)43-36(34-39)35-42-37(40)32-30-28-26-24-22-20-18-16-14-12-10-8-6-4-2/h11,13,16-19,36,39H,3-10,12,14-15,20-35H2,1-2H3/b13-11-,18-16-,19-17-. The predicted octanol–water partition coefficient (Wildman–Crippen LogP) is 10.9. The number of ether oxygens (including phenoxy) is 2. The van der Waals surface area contributed by atoms with Crippen molar-refractivity contribution in [2.45, 2.75) is 180 Å². The summed E-state index contributed by atoms with van der Waals surface area (Å²) in [6.45, 7) is 4.07. The Hall–Kier alpha value is -1.88. The Kier molecular flexibility index (Phi) is 33.1. The first-order valence-corrected chi connectivity index (χ1v) is 18.0. The first-order chi connectivity index (χ1) is 21.1. The normalized spacial score (nSPS) is 12.5. The molecule has 43 heavy (non-hydrogen) atoms. The van der Waals surface area contributed by atoms with Crippen molar-refractivity contribution >= 4 is 11.9 Å². The van der Waals surface area contributed by atoms with E-state index in [9.17, 15) is 14.7 Å². The molecular formula is C38H68O5. The van der Waals surface area contributed by atoms with E-state index in [4.69, 9.17) is 9.47 Å². The lowest BCUT2D eigenvalue weighted by molar-refractivity contribution is -0.161. The van der Waals surface area contributed by atoms with E-state index in [1.54, 1.807) is 0 Å². The van der Waals surface area contributed by atoms with Crippen LogP contribution in [0.4, 0.5) is 0 Å². The number of hydrogen-bond donors (Lipinski definition) is 1. The molecule has 0 saturated heterocycles. The van der Waals surface area contributed by atoms with Gasteiger partial charge in [-0.3, -0.25) is 9.59 Å². The third-order valence-corrected chi connectivity index (χ3v) is 7.66. The average molecular weight is 605 g/mol. The van der Waals surface area contributed by atoms with Crippen molar-refractivity contribution in [2.24, 2.45) is 0 Å². The van der Waals surface area contributed by atoms with E-state index in [0.717, 1.165) is 64.2 Å². The zero-order chi connectivity index (χ0) is 31.5. The topological polar surface area (TPSA) is 72.8 Å². The van der Waals surface area contributed by atoms with Gasteiger partial charge in [-0.2, -0.15) is 0 Å². The number of rotatable bonds is 32. The summed E-state index contributed by atoms with van der Waals surface area (Å²) in [5.41, 5.74) is 0. The number of hydrogen-bond acceptors (Lipinski definition) is 5.